The van der Waals surface area contributed by atoms with Crippen LogP contribution in [0.5, 0.6) is 5.75 Å². The number of rotatable bonds is 2. The first-order valence-electron chi connectivity index (χ1n) is 9.01. The number of benzene rings is 2. The molecule has 0 aromatic heterocycles. The van der Waals surface area contributed by atoms with Gasteiger partial charge in [-0.3, -0.25) is 4.79 Å². The molecule has 2 aliphatic rings. The fourth-order valence-electron chi connectivity index (χ4n) is 4.19. The number of fused-ring (bicyclic) bond motifs is 1. The minimum atomic E-state index is -0.128. The van der Waals surface area contributed by atoms with Gasteiger partial charge in [0.2, 0.25) is 0 Å². The van der Waals surface area contributed by atoms with Gasteiger partial charge in [-0.1, -0.05) is 24.3 Å². The summed E-state index contributed by atoms with van der Waals surface area (Å²) >= 11 is 0. The molecule has 1 aliphatic heterocycles. The van der Waals surface area contributed by atoms with Gasteiger partial charge < -0.3 is 15.8 Å². The quantitative estimate of drug-likeness (QED) is 0.759. The van der Waals surface area contributed by atoms with Gasteiger partial charge in [0.25, 0.3) is 5.91 Å². The molecule has 0 bridgehead atoms. The molecule has 1 unspecified atom stereocenters. The number of carbonyl (C=O) groups is 1. The summed E-state index contributed by atoms with van der Waals surface area (Å²) < 4.78 is 6.37. The van der Waals surface area contributed by atoms with Crippen LogP contribution in [-0.2, 0) is 0 Å². The van der Waals surface area contributed by atoms with Gasteiger partial charge in [-0.15, -0.1) is 12.4 Å². The number of nitrogens with one attached hydrogen (secondary N) is 1. The van der Waals surface area contributed by atoms with E-state index >= 15 is 0 Å². The largest absolute Gasteiger partial charge is 0.487 e. The third-order valence-corrected chi connectivity index (χ3v) is 5.52. The van der Waals surface area contributed by atoms with Gasteiger partial charge in [0.05, 0.1) is 6.04 Å². The molecule has 4 nitrogen and oxygen atoms in total. The Kier molecular flexibility index (Phi) is 5.15. The molecule has 5 heteroatoms. The maximum Gasteiger partial charge on any atom is 0.252 e. The van der Waals surface area contributed by atoms with Crippen molar-refractivity contribution < 1.29 is 9.53 Å². The van der Waals surface area contributed by atoms with E-state index in [9.17, 15) is 4.79 Å². The van der Waals surface area contributed by atoms with Gasteiger partial charge in [-0.05, 0) is 56.4 Å². The van der Waals surface area contributed by atoms with Crippen LogP contribution in [0.15, 0.2) is 42.5 Å². The highest BCUT2D eigenvalue weighted by Gasteiger charge is 2.43. The number of nitrogen functional groups attached to an aromatic ring is 1. The van der Waals surface area contributed by atoms with Gasteiger partial charge in [0, 0.05) is 23.2 Å². The first-order valence-corrected chi connectivity index (χ1v) is 9.01. The summed E-state index contributed by atoms with van der Waals surface area (Å²) in [7, 11) is 0. The van der Waals surface area contributed by atoms with Crippen LogP contribution in [0.1, 0.15) is 59.6 Å². The number of ether oxygens (including phenoxy) is 1. The monoisotopic (exact) mass is 372 g/mol. The van der Waals surface area contributed by atoms with E-state index in [1.165, 1.54) is 12.8 Å². The Morgan fingerprint density at radius 2 is 1.92 bits per heavy atom. The second kappa shape index (κ2) is 7.20. The van der Waals surface area contributed by atoms with Crippen LogP contribution < -0.4 is 15.8 Å². The Morgan fingerprint density at radius 3 is 2.69 bits per heavy atom. The van der Waals surface area contributed by atoms with Gasteiger partial charge in [-0.2, -0.15) is 0 Å². The van der Waals surface area contributed by atoms with Crippen molar-refractivity contribution in [2.24, 2.45) is 0 Å². The van der Waals surface area contributed by atoms with Crippen LogP contribution in [0.4, 0.5) is 5.69 Å². The summed E-state index contributed by atoms with van der Waals surface area (Å²) in [6.45, 7) is 1.94. The lowest BCUT2D eigenvalue weighted by Gasteiger charge is -2.40. The van der Waals surface area contributed by atoms with Crippen LogP contribution >= 0.6 is 12.4 Å². The van der Waals surface area contributed by atoms with E-state index in [1.807, 2.05) is 43.3 Å². The lowest BCUT2D eigenvalue weighted by atomic mass is 9.85. The summed E-state index contributed by atoms with van der Waals surface area (Å²) in [6.07, 6.45) is 5.33. The summed E-state index contributed by atoms with van der Waals surface area (Å²) in [5.74, 6) is 0.838. The fourth-order valence-corrected chi connectivity index (χ4v) is 4.19. The molecule has 26 heavy (non-hydrogen) atoms. The molecular formula is C21H25ClN2O2. The lowest BCUT2D eigenvalue weighted by Crippen LogP contribution is -2.43. The van der Waals surface area contributed by atoms with Crippen molar-refractivity contribution in [3.05, 3.63) is 59.2 Å². The van der Waals surface area contributed by atoms with E-state index in [4.69, 9.17) is 10.5 Å². The van der Waals surface area contributed by atoms with E-state index in [0.717, 1.165) is 36.1 Å². The van der Waals surface area contributed by atoms with E-state index in [-0.39, 0.29) is 30.0 Å². The zero-order chi connectivity index (χ0) is 17.4. The molecule has 1 heterocycles. The number of aryl methyl sites for hydroxylation is 1. The molecule has 1 saturated carbocycles. The number of anilines is 1. The zero-order valence-corrected chi connectivity index (χ0v) is 15.8. The molecule has 2 aromatic carbocycles. The Bertz CT molecular complexity index is 815. The Labute approximate surface area is 160 Å². The average Bonchev–Trinajstić information content (AvgIpc) is 3.04. The third kappa shape index (κ3) is 3.38. The van der Waals surface area contributed by atoms with Crippen LogP contribution in [0.2, 0.25) is 0 Å². The zero-order valence-electron chi connectivity index (χ0n) is 15.0. The standard InChI is InChI=1S/C21H24N2O2.ClH/c1-14-8-9-15(22)12-17(14)20(24)23-18-13-21(10-4-5-11-21)25-19-7-3-2-6-16(18)19;/h2-3,6-9,12,18H,4-5,10-11,13,22H2,1H3,(H,23,24);1H. The number of carbonyl (C=O) groups excluding carboxylic acids is 1. The summed E-state index contributed by atoms with van der Waals surface area (Å²) in [4.78, 5) is 12.9. The Morgan fingerprint density at radius 1 is 1.19 bits per heavy atom. The molecule has 1 amide bonds. The van der Waals surface area contributed by atoms with Gasteiger partial charge in [0.1, 0.15) is 11.4 Å². The van der Waals surface area contributed by atoms with E-state index in [2.05, 4.69) is 5.32 Å². The highest BCUT2D eigenvalue weighted by Crippen LogP contribution is 2.47. The SMILES string of the molecule is Cc1ccc(N)cc1C(=O)NC1CC2(CCCC2)Oc2ccccc21.Cl. The molecule has 1 atom stereocenters. The molecule has 1 spiro atoms. The van der Waals surface area contributed by atoms with Gasteiger partial charge in [0.15, 0.2) is 0 Å². The molecule has 3 N–H and O–H groups in total. The second-order valence-electron chi connectivity index (χ2n) is 7.33. The number of nitrogens with two attached hydrogens (primary N) is 1. The Balaban J connectivity index is 0.00000196. The Hall–Kier alpha value is -2.20. The summed E-state index contributed by atoms with van der Waals surface area (Å²) in [5, 5.41) is 3.24. The predicted octanol–water partition coefficient (Wildman–Crippen LogP) is 4.57. The first-order chi connectivity index (χ1) is 12.1. The maximum absolute atomic E-state index is 12.9. The minimum absolute atomic E-state index is 0. The average molecular weight is 373 g/mol. The number of hydrogen-bond acceptors (Lipinski definition) is 3. The van der Waals surface area contributed by atoms with Crippen molar-refractivity contribution in [3.63, 3.8) is 0 Å². The van der Waals surface area contributed by atoms with E-state index < -0.39 is 0 Å². The van der Waals surface area contributed by atoms with Crippen molar-refractivity contribution in [1.29, 1.82) is 0 Å². The summed E-state index contributed by atoms with van der Waals surface area (Å²) in [6, 6.07) is 13.5. The van der Waals surface area contributed by atoms with E-state index in [1.54, 1.807) is 6.07 Å². The van der Waals surface area contributed by atoms with Crippen molar-refractivity contribution in [3.8, 4) is 5.75 Å². The molecular weight excluding hydrogens is 348 g/mol. The summed E-state index contributed by atoms with van der Waals surface area (Å²) in [5.41, 5.74) is 8.99. The molecule has 0 radical (unpaired) electrons. The second-order valence-corrected chi connectivity index (χ2v) is 7.33. The highest BCUT2D eigenvalue weighted by atomic mass is 35.5. The smallest absolute Gasteiger partial charge is 0.252 e. The highest BCUT2D eigenvalue weighted by molar-refractivity contribution is 5.96. The number of halogens is 1. The van der Waals surface area contributed by atoms with Crippen molar-refractivity contribution in [2.75, 3.05) is 5.73 Å². The minimum Gasteiger partial charge on any atom is -0.487 e. The van der Waals surface area contributed by atoms with Crippen LogP contribution in [0.3, 0.4) is 0 Å². The number of hydrogen-bond donors (Lipinski definition) is 2. The van der Waals surface area contributed by atoms with Crippen molar-refractivity contribution in [2.45, 2.75) is 50.7 Å². The lowest BCUT2D eigenvalue weighted by molar-refractivity contribution is 0.0360. The van der Waals surface area contributed by atoms with E-state index in [0.29, 0.717) is 11.3 Å². The predicted molar refractivity (Wildman–Crippen MR) is 106 cm³/mol. The van der Waals surface area contributed by atoms with Crippen molar-refractivity contribution >= 4 is 24.0 Å². The van der Waals surface area contributed by atoms with Crippen molar-refractivity contribution in [1.82, 2.24) is 5.32 Å². The molecule has 1 aliphatic carbocycles. The normalized spacial score (nSPS) is 20.0. The number of para-hydroxylation sites is 1. The fraction of sp³-hybridized carbons (Fsp3) is 0.381. The molecule has 4 rings (SSSR count). The topological polar surface area (TPSA) is 64.4 Å². The molecule has 1 fully saturated rings. The molecule has 2 aromatic rings. The van der Waals surface area contributed by atoms with Crippen LogP contribution in [0, 0.1) is 6.92 Å². The molecule has 138 valence electrons. The first kappa shape index (κ1) is 18.6. The van der Waals surface area contributed by atoms with Gasteiger partial charge >= 0.3 is 0 Å². The van der Waals surface area contributed by atoms with Crippen LogP contribution in [-0.4, -0.2) is 11.5 Å². The third-order valence-electron chi connectivity index (χ3n) is 5.52. The number of amides is 1. The van der Waals surface area contributed by atoms with Gasteiger partial charge in [-0.25, -0.2) is 0 Å². The molecule has 0 saturated heterocycles. The maximum atomic E-state index is 12.9. The van der Waals surface area contributed by atoms with Crippen LogP contribution in [0.25, 0.3) is 0 Å².